The van der Waals surface area contributed by atoms with E-state index in [1.54, 1.807) is 11.3 Å². The summed E-state index contributed by atoms with van der Waals surface area (Å²) in [5.41, 5.74) is -0.151. The molecule has 0 atom stereocenters. The molecule has 2 amide bonds. The Bertz CT molecular complexity index is 414. The van der Waals surface area contributed by atoms with E-state index in [4.69, 9.17) is 5.11 Å². The fourth-order valence-electron chi connectivity index (χ4n) is 1.83. The number of hydrogen-bond donors (Lipinski definition) is 3. The summed E-state index contributed by atoms with van der Waals surface area (Å²) in [6.45, 7) is 9.59. The van der Waals surface area contributed by atoms with E-state index in [2.05, 4.69) is 35.9 Å². The molecule has 0 radical (unpaired) electrons. The number of nitrogens with one attached hydrogen (secondary N) is 2. The second-order valence-electron chi connectivity index (χ2n) is 6.54. The van der Waals surface area contributed by atoms with Crippen LogP contribution in [0.25, 0.3) is 0 Å². The van der Waals surface area contributed by atoms with Crippen molar-refractivity contribution in [3.8, 4) is 0 Å². The van der Waals surface area contributed by atoms with Gasteiger partial charge >= 0.3 is 6.03 Å². The Morgan fingerprint density at radius 3 is 2.45 bits per heavy atom. The van der Waals surface area contributed by atoms with Crippen molar-refractivity contribution in [1.82, 2.24) is 10.6 Å². The molecule has 1 heterocycles. The van der Waals surface area contributed by atoms with Crippen LogP contribution in [-0.4, -0.2) is 30.8 Å². The van der Waals surface area contributed by atoms with E-state index in [0.29, 0.717) is 19.5 Å². The second-order valence-corrected chi connectivity index (χ2v) is 7.48. The predicted molar refractivity (Wildman–Crippen MR) is 84.2 cm³/mol. The SMILES string of the molecule is CC(C)(CCO)CNC(=O)NCC(C)(C)c1cccs1. The van der Waals surface area contributed by atoms with Crippen LogP contribution >= 0.6 is 11.3 Å². The number of rotatable bonds is 7. The maximum atomic E-state index is 11.8. The maximum Gasteiger partial charge on any atom is 0.314 e. The van der Waals surface area contributed by atoms with Gasteiger partial charge in [-0.3, -0.25) is 0 Å². The summed E-state index contributed by atoms with van der Waals surface area (Å²) in [7, 11) is 0. The van der Waals surface area contributed by atoms with E-state index in [1.165, 1.54) is 4.88 Å². The normalized spacial score (nSPS) is 12.2. The van der Waals surface area contributed by atoms with Crippen LogP contribution in [0.15, 0.2) is 17.5 Å². The fourth-order valence-corrected chi connectivity index (χ4v) is 2.68. The average molecular weight is 298 g/mol. The quantitative estimate of drug-likeness (QED) is 0.725. The first-order valence-corrected chi connectivity index (χ1v) is 7.81. The maximum absolute atomic E-state index is 11.8. The van der Waals surface area contributed by atoms with Crippen molar-refractivity contribution < 1.29 is 9.90 Å². The third-order valence-corrected chi connectivity index (χ3v) is 4.63. The number of hydrogen-bond acceptors (Lipinski definition) is 3. The molecule has 0 bridgehead atoms. The first-order chi connectivity index (χ1) is 9.27. The molecular weight excluding hydrogens is 272 g/mol. The van der Waals surface area contributed by atoms with Crippen molar-refractivity contribution in [2.45, 2.75) is 39.5 Å². The minimum absolute atomic E-state index is 0.0634. The summed E-state index contributed by atoms with van der Waals surface area (Å²) in [5, 5.41) is 16.8. The molecule has 0 aliphatic heterocycles. The van der Waals surface area contributed by atoms with Crippen molar-refractivity contribution in [3.05, 3.63) is 22.4 Å². The summed E-state index contributed by atoms with van der Waals surface area (Å²) in [4.78, 5) is 13.1. The van der Waals surface area contributed by atoms with Crippen LogP contribution in [0.4, 0.5) is 4.79 Å². The zero-order valence-corrected chi connectivity index (χ0v) is 13.6. The van der Waals surface area contributed by atoms with E-state index in [1.807, 2.05) is 19.9 Å². The molecule has 0 aromatic carbocycles. The Kier molecular flexibility index (Phi) is 6.02. The Labute approximate surface area is 125 Å². The first kappa shape index (κ1) is 17.0. The smallest absolute Gasteiger partial charge is 0.314 e. The highest BCUT2D eigenvalue weighted by atomic mass is 32.1. The molecule has 0 aliphatic carbocycles. The third-order valence-electron chi connectivity index (χ3n) is 3.40. The summed E-state index contributed by atoms with van der Waals surface area (Å²) >= 11 is 1.71. The van der Waals surface area contributed by atoms with Crippen LogP contribution in [0.5, 0.6) is 0 Å². The summed E-state index contributed by atoms with van der Waals surface area (Å²) < 4.78 is 0. The Hall–Kier alpha value is -1.07. The van der Waals surface area contributed by atoms with Crippen LogP contribution in [0.2, 0.25) is 0 Å². The van der Waals surface area contributed by atoms with Crippen molar-refractivity contribution in [1.29, 1.82) is 0 Å². The lowest BCUT2D eigenvalue weighted by molar-refractivity contribution is 0.201. The number of carbonyl (C=O) groups excluding carboxylic acids is 1. The van der Waals surface area contributed by atoms with E-state index in [9.17, 15) is 4.79 Å². The second kappa shape index (κ2) is 7.09. The van der Waals surface area contributed by atoms with Crippen LogP contribution in [-0.2, 0) is 5.41 Å². The van der Waals surface area contributed by atoms with Gasteiger partial charge in [0, 0.05) is 30.0 Å². The monoisotopic (exact) mass is 298 g/mol. The van der Waals surface area contributed by atoms with Gasteiger partial charge in [-0.05, 0) is 23.3 Å². The minimum Gasteiger partial charge on any atom is -0.396 e. The van der Waals surface area contributed by atoms with Gasteiger partial charge < -0.3 is 15.7 Å². The van der Waals surface area contributed by atoms with Gasteiger partial charge in [0.1, 0.15) is 0 Å². The third kappa shape index (κ3) is 5.51. The number of urea groups is 1. The van der Waals surface area contributed by atoms with Crippen LogP contribution in [0.1, 0.15) is 39.0 Å². The highest BCUT2D eigenvalue weighted by Crippen LogP contribution is 2.26. The Balaban J connectivity index is 2.37. The molecule has 5 heteroatoms. The highest BCUT2D eigenvalue weighted by molar-refractivity contribution is 7.10. The highest BCUT2D eigenvalue weighted by Gasteiger charge is 2.23. The van der Waals surface area contributed by atoms with Gasteiger partial charge in [0.05, 0.1) is 0 Å². The molecule has 4 nitrogen and oxygen atoms in total. The summed E-state index contributed by atoms with van der Waals surface area (Å²) in [6, 6.07) is 3.97. The van der Waals surface area contributed by atoms with E-state index in [0.717, 1.165) is 0 Å². The van der Waals surface area contributed by atoms with Crippen LogP contribution in [0.3, 0.4) is 0 Å². The molecule has 0 saturated heterocycles. The average Bonchev–Trinajstić information content (AvgIpc) is 2.88. The molecule has 114 valence electrons. The molecule has 0 unspecified atom stereocenters. The molecule has 0 aliphatic rings. The lowest BCUT2D eigenvalue weighted by Crippen LogP contribution is -2.44. The number of aliphatic hydroxyl groups excluding tert-OH is 1. The van der Waals surface area contributed by atoms with Crippen LogP contribution in [0, 0.1) is 5.41 Å². The van der Waals surface area contributed by atoms with Crippen molar-refractivity contribution in [3.63, 3.8) is 0 Å². The zero-order valence-electron chi connectivity index (χ0n) is 12.8. The predicted octanol–water partition coefficient (Wildman–Crippen LogP) is 2.73. The fraction of sp³-hybridized carbons (Fsp3) is 0.667. The lowest BCUT2D eigenvalue weighted by atomic mass is 9.90. The molecule has 0 fully saturated rings. The van der Waals surface area contributed by atoms with E-state index in [-0.39, 0.29) is 23.5 Å². The molecule has 0 spiro atoms. The molecular formula is C15H26N2O2S. The van der Waals surface area contributed by atoms with Crippen molar-refractivity contribution >= 4 is 17.4 Å². The van der Waals surface area contributed by atoms with Crippen molar-refractivity contribution in [2.75, 3.05) is 19.7 Å². The molecule has 0 saturated carbocycles. The number of aliphatic hydroxyl groups is 1. The van der Waals surface area contributed by atoms with Gasteiger partial charge in [0.25, 0.3) is 0 Å². The summed E-state index contributed by atoms with van der Waals surface area (Å²) in [6.07, 6.45) is 0.675. The van der Waals surface area contributed by atoms with Gasteiger partial charge in [-0.25, -0.2) is 4.79 Å². The molecule has 20 heavy (non-hydrogen) atoms. The molecule has 3 N–H and O–H groups in total. The standard InChI is InChI=1S/C15H26N2O2S/c1-14(2,7-8-18)10-16-13(19)17-11-15(3,4)12-6-5-9-20-12/h5-6,9,18H,7-8,10-11H2,1-4H3,(H2,16,17,19). The summed E-state index contributed by atoms with van der Waals surface area (Å²) in [5.74, 6) is 0. The van der Waals surface area contributed by atoms with Crippen LogP contribution < -0.4 is 10.6 Å². The first-order valence-electron chi connectivity index (χ1n) is 6.93. The molecule has 1 aromatic rings. The van der Waals surface area contributed by atoms with Crippen molar-refractivity contribution in [2.24, 2.45) is 5.41 Å². The zero-order chi connectivity index (χ0) is 15.2. The Morgan fingerprint density at radius 1 is 1.25 bits per heavy atom. The Morgan fingerprint density at radius 2 is 1.90 bits per heavy atom. The lowest BCUT2D eigenvalue weighted by Gasteiger charge is -2.26. The largest absolute Gasteiger partial charge is 0.396 e. The molecule has 1 aromatic heterocycles. The number of amides is 2. The van der Waals surface area contributed by atoms with Gasteiger partial charge in [-0.15, -0.1) is 11.3 Å². The van der Waals surface area contributed by atoms with E-state index < -0.39 is 0 Å². The topological polar surface area (TPSA) is 61.4 Å². The van der Waals surface area contributed by atoms with Gasteiger partial charge in [0.2, 0.25) is 0 Å². The van der Waals surface area contributed by atoms with E-state index >= 15 is 0 Å². The van der Waals surface area contributed by atoms with Gasteiger partial charge in [-0.2, -0.15) is 0 Å². The minimum atomic E-state index is -0.152. The number of thiophene rings is 1. The van der Waals surface area contributed by atoms with Gasteiger partial charge in [0.15, 0.2) is 0 Å². The van der Waals surface area contributed by atoms with Gasteiger partial charge in [-0.1, -0.05) is 33.8 Å². The molecule has 1 rings (SSSR count). The number of carbonyl (C=O) groups is 1.